The largest absolute Gasteiger partial charge is 0.497 e. The summed E-state index contributed by atoms with van der Waals surface area (Å²) in [5.74, 6) is 1.62. The molecule has 3 nitrogen and oxygen atoms in total. The molecule has 0 atom stereocenters. The molecule has 3 aromatic rings. The van der Waals surface area contributed by atoms with E-state index < -0.39 is 0 Å². The van der Waals surface area contributed by atoms with Crippen molar-refractivity contribution in [1.29, 1.82) is 0 Å². The molecule has 3 rings (SSSR count). The molecule has 1 N–H and O–H groups in total. The number of nitrogens with one attached hydrogen (secondary N) is 1. The summed E-state index contributed by atoms with van der Waals surface area (Å²) < 4.78 is 7.26. The molecule has 0 aliphatic carbocycles. The number of nitrogens with zero attached hydrogens (tertiary/aromatic N) is 1. The van der Waals surface area contributed by atoms with Gasteiger partial charge >= 0.3 is 0 Å². The van der Waals surface area contributed by atoms with E-state index in [-0.39, 0.29) is 0 Å². The molecular weight excluding hydrogens is 372 g/mol. The van der Waals surface area contributed by atoms with Crippen molar-refractivity contribution in [3.8, 4) is 17.1 Å². The highest BCUT2D eigenvalue weighted by atomic mass is 79.9. The first-order valence-electron chi connectivity index (χ1n) is 5.66. The molecule has 0 bridgehead atoms. The van der Waals surface area contributed by atoms with Crippen LogP contribution < -0.4 is 4.74 Å². The van der Waals surface area contributed by atoms with Crippen LogP contribution in [0.2, 0.25) is 0 Å². The summed E-state index contributed by atoms with van der Waals surface area (Å²) in [4.78, 5) is 7.92. The quantitative estimate of drug-likeness (QED) is 0.694. The van der Waals surface area contributed by atoms with Gasteiger partial charge in [-0.05, 0) is 36.4 Å². The summed E-state index contributed by atoms with van der Waals surface area (Å²) >= 11 is 7.00. The zero-order valence-electron chi connectivity index (χ0n) is 10.1. The third-order valence-corrected chi connectivity index (χ3v) is 4.06. The van der Waals surface area contributed by atoms with Crippen molar-refractivity contribution >= 4 is 42.9 Å². The van der Waals surface area contributed by atoms with E-state index in [9.17, 15) is 0 Å². The first-order valence-corrected chi connectivity index (χ1v) is 7.25. The Bertz CT molecular complexity index is 752. The summed E-state index contributed by atoms with van der Waals surface area (Å²) in [5.41, 5.74) is 2.92. The van der Waals surface area contributed by atoms with Crippen molar-refractivity contribution in [2.45, 2.75) is 0 Å². The number of H-pyrrole nitrogens is 1. The first-order chi connectivity index (χ1) is 9.17. The summed E-state index contributed by atoms with van der Waals surface area (Å²) in [7, 11) is 1.66. The van der Waals surface area contributed by atoms with E-state index in [2.05, 4.69) is 41.8 Å². The molecule has 0 aliphatic heterocycles. The molecule has 19 heavy (non-hydrogen) atoms. The Morgan fingerprint density at radius 3 is 2.74 bits per heavy atom. The molecule has 0 aliphatic rings. The second kappa shape index (κ2) is 4.98. The Hall–Kier alpha value is -1.33. The zero-order chi connectivity index (χ0) is 13.4. The van der Waals surface area contributed by atoms with Crippen LogP contribution in [-0.2, 0) is 0 Å². The van der Waals surface area contributed by atoms with Crippen molar-refractivity contribution in [1.82, 2.24) is 9.97 Å². The number of imidazole rings is 1. The summed E-state index contributed by atoms with van der Waals surface area (Å²) in [5, 5.41) is 0. The summed E-state index contributed by atoms with van der Waals surface area (Å²) in [6, 6.07) is 11.8. The molecule has 0 saturated heterocycles. The number of methoxy groups -OCH3 is 1. The Balaban J connectivity index is 2.18. The van der Waals surface area contributed by atoms with Crippen LogP contribution in [0.4, 0.5) is 0 Å². The fraction of sp³-hybridized carbons (Fsp3) is 0.0714. The van der Waals surface area contributed by atoms with Gasteiger partial charge in [0.05, 0.1) is 18.1 Å². The Morgan fingerprint density at radius 1 is 1.11 bits per heavy atom. The third-order valence-electron chi connectivity index (χ3n) is 2.87. The Kier molecular flexibility index (Phi) is 3.33. The van der Waals surface area contributed by atoms with Gasteiger partial charge in [-0.2, -0.15) is 0 Å². The van der Waals surface area contributed by atoms with Crippen LogP contribution in [0.15, 0.2) is 45.3 Å². The lowest BCUT2D eigenvalue weighted by molar-refractivity contribution is 0.415. The Morgan fingerprint density at radius 2 is 1.95 bits per heavy atom. The maximum atomic E-state index is 5.25. The number of aromatic amines is 1. The predicted octanol–water partition coefficient (Wildman–Crippen LogP) is 4.76. The molecule has 0 fully saturated rings. The first kappa shape index (κ1) is 12.7. The highest BCUT2D eigenvalue weighted by Crippen LogP contribution is 2.31. The van der Waals surface area contributed by atoms with Crippen molar-refractivity contribution in [3.63, 3.8) is 0 Å². The molecule has 1 heterocycles. The number of halogens is 2. The average Bonchev–Trinajstić information content (AvgIpc) is 2.82. The van der Waals surface area contributed by atoms with Crippen molar-refractivity contribution in [2.24, 2.45) is 0 Å². The van der Waals surface area contributed by atoms with E-state index in [1.54, 1.807) is 7.11 Å². The number of aromatic nitrogens is 2. The smallest absolute Gasteiger partial charge is 0.139 e. The minimum absolute atomic E-state index is 0.805. The standard InChI is InChI=1S/C14H10Br2N2O/c1-19-9-3-4-11(16)10(7-9)14-17-12-5-2-8(15)6-13(12)18-14/h2-7H,1H3,(H,17,18). The van der Waals surface area contributed by atoms with Gasteiger partial charge in [0.1, 0.15) is 11.6 Å². The van der Waals surface area contributed by atoms with Gasteiger partial charge in [-0.25, -0.2) is 4.98 Å². The van der Waals surface area contributed by atoms with E-state index in [1.807, 2.05) is 36.4 Å². The van der Waals surface area contributed by atoms with Crippen LogP contribution >= 0.6 is 31.9 Å². The zero-order valence-corrected chi connectivity index (χ0v) is 13.2. The molecule has 96 valence electrons. The van der Waals surface area contributed by atoms with Gasteiger partial charge in [-0.15, -0.1) is 0 Å². The number of fused-ring (bicyclic) bond motifs is 1. The minimum atomic E-state index is 0.805. The van der Waals surface area contributed by atoms with Crippen LogP contribution in [0.5, 0.6) is 5.75 Å². The van der Waals surface area contributed by atoms with Crippen molar-refractivity contribution in [2.75, 3.05) is 7.11 Å². The molecule has 2 aromatic carbocycles. The summed E-state index contributed by atoms with van der Waals surface area (Å²) in [6.45, 7) is 0. The summed E-state index contributed by atoms with van der Waals surface area (Å²) in [6.07, 6.45) is 0. The number of ether oxygens (including phenoxy) is 1. The predicted molar refractivity (Wildman–Crippen MR) is 83.5 cm³/mol. The number of hydrogen-bond donors (Lipinski definition) is 1. The lowest BCUT2D eigenvalue weighted by Crippen LogP contribution is -1.86. The second-order valence-corrected chi connectivity index (χ2v) is 5.86. The normalized spacial score (nSPS) is 10.9. The number of rotatable bonds is 2. The number of benzene rings is 2. The highest BCUT2D eigenvalue weighted by Gasteiger charge is 2.10. The van der Waals surface area contributed by atoms with Gasteiger partial charge < -0.3 is 9.72 Å². The maximum Gasteiger partial charge on any atom is 0.139 e. The maximum absolute atomic E-state index is 5.25. The third kappa shape index (κ3) is 2.40. The van der Waals surface area contributed by atoms with E-state index in [0.29, 0.717) is 0 Å². The van der Waals surface area contributed by atoms with Crippen LogP contribution in [-0.4, -0.2) is 17.1 Å². The molecule has 0 saturated carbocycles. The molecule has 0 unspecified atom stereocenters. The SMILES string of the molecule is COc1ccc(Br)c(-c2nc3ccc(Br)cc3[nH]2)c1. The van der Waals surface area contributed by atoms with Gasteiger partial charge in [0.15, 0.2) is 0 Å². The van der Waals surface area contributed by atoms with E-state index >= 15 is 0 Å². The van der Waals surface area contributed by atoms with Crippen LogP contribution in [0.25, 0.3) is 22.4 Å². The monoisotopic (exact) mass is 380 g/mol. The van der Waals surface area contributed by atoms with E-state index in [1.165, 1.54) is 0 Å². The molecular formula is C14H10Br2N2O. The van der Waals surface area contributed by atoms with Crippen molar-refractivity contribution < 1.29 is 4.74 Å². The molecule has 1 aromatic heterocycles. The molecule has 0 spiro atoms. The lowest BCUT2D eigenvalue weighted by Gasteiger charge is -2.04. The number of hydrogen-bond acceptors (Lipinski definition) is 2. The molecule has 5 heteroatoms. The van der Waals surface area contributed by atoms with Gasteiger partial charge in [0, 0.05) is 14.5 Å². The fourth-order valence-corrected chi connectivity index (χ4v) is 2.72. The topological polar surface area (TPSA) is 37.9 Å². The van der Waals surface area contributed by atoms with Crippen molar-refractivity contribution in [3.05, 3.63) is 45.3 Å². The minimum Gasteiger partial charge on any atom is -0.497 e. The fourth-order valence-electron chi connectivity index (χ4n) is 1.92. The van der Waals surface area contributed by atoms with Gasteiger partial charge in [-0.1, -0.05) is 31.9 Å². The highest BCUT2D eigenvalue weighted by molar-refractivity contribution is 9.10. The lowest BCUT2D eigenvalue weighted by atomic mass is 10.2. The van der Waals surface area contributed by atoms with Gasteiger partial charge in [0.2, 0.25) is 0 Å². The van der Waals surface area contributed by atoms with Gasteiger partial charge in [-0.3, -0.25) is 0 Å². The van der Waals surface area contributed by atoms with E-state index in [4.69, 9.17) is 4.74 Å². The second-order valence-electron chi connectivity index (χ2n) is 4.09. The van der Waals surface area contributed by atoms with Gasteiger partial charge in [0.25, 0.3) is 0 Å². The average molecular weight is 382 g/mol. The Labute approximate surface area is 127 Å². The van der Waals surface area contributed by atoms with Crippen LogP contribution in [0.1, 0.15) is 0 Å². The van der Waals surface area contributed by atoms with E-state index in [0.717, 1.165) is 37.1 Å². The van der Waals surface area contributed by atoms with Crippen LogP contribution in [0.3, 0.4) is 0 Å². The molecule has 0 amide bonds. The molecule has 0 radical (unpaired) electrons. The van der Waals surface area contributed by atoms with Crippen LogP contribution in [0, 0.1) is 0 Å².